The van der Waals surface area contributed by atoms with Crippen molar-refractivity contribution in [3.63, 3.8) is 0 Å². The van der Waals surface area contributed by atoms with Crippen LogP contribution in [0.1, 0.15) is 19.3 Å². The van der Waals surface area contributed by atoms with Crippen molar-refractivity contribution in [2.45, 2.75) is 31.4 Å². The van der Waals surface area contributed by atoms with Crippen LogP contribution in [0.4, 0.5) is 5.69 Å². The molecule has 98 valence electrons. The van der Waals surface area contributed by atoms with Gasteiger partial charge in [-0.3, -0.25) is 4.79 Å². The smallest absolute Gasteiger partial charge is 0.250 e. The lowest BCUT2D eigenvalue weighted by molar-refractivity contribution is -0.122. The number of carbonyl (C=O) groups is 1. The molecule has 3 N–H and O–H groups in total. The topological polar surface area (TPSA) is 64.3 Å². The molecule has 0 bridgehead atoms. The molecule has 18 heavy (non-hydrogen) atoms. The maximum Gasteiger partial charge on any atom is 0.250 e. The molecule has 1 aliphatic carbocycles. The van der Waals surface area contributed by atoms with Crippen LogP contribution in [0, 0.1) is 0 Å². The van der Waals surface area contributed by atoms with Crippen LogP contribution in [0.15, 0.2) is 24.3 Å². The predicted octanol–water partition coefficient (Wildman–Crippen LogP) is 2.17. The van der Waals surface area contributed by atoms with Gasteiger partial charge in [0.1, 0.15) is 6.61 Å². The minimum Gasteiger partial charge on any atom is -0.367 e. The number of rotatable bonds is 4. The third-order valence-electron chi connectivity index (χ3n) is 3.06. The Morgan fingerprint density at radius 3 is 2.72 bits per heavy atom. The lowest BCUT2D eigenvalue weighted by Crippen LogP contribution is -2.33. The zero-order valence-electron chi connectivity index (χ0n) is 10.1. The van der Waals surface area contributed by atoms with Crippen molar-refractivity contribution in [1.82, 2.24) is 0 Å². The van der Waals surface area contributed by atoms with E-state index in [0.29, 0.717) is 10.7 Å². The molecule has 4 nitrogen and oxygen atoms in total. The molecule has 1 aromatic carbocycles. The van der Waals surface area contributed by atoms with Gasteiger partial charge in [0.2, 0.25) is 5.91 Å². The van der Waals surface area contributed by atoms with Crippen LogP contribution in [0.3, 0.4) is 0 Å². The van der Waals surface area contributed by atoms with Crippen molar-refractivity contribution in [1.29, 1.82) is 0 Å². The molecule has 2 atom stereocenters. The van der Waals surface area contributed by atoms with Crippen LogP contribution >= 0.6 is 11.6 Å². The number of halogens is 1. The van der Waals surface area contributed by atoms with E-state index in [0.717, 1.165) is 19.3 Å². The lowest BCUT2D eigenvalue weighted by Gasteiger charge is -2.16. The summed E-state index contributed by atoms with van der Waals surface area (Å²) in [6, 6.07) is 7.02. The first kappa shape index (κ1) is 13.3. The van der Waals surface area contributed by atoms with E-state index < -0.39 is 0 Å². The average Bonchev–Trinajstić information content (AvgIpc) is 2.75. The largest absolute Gasteiger partial charge is 0.367 e. The Hall–Kier alpha value is -1.10. The van der Waals surface area contributed by atoms with Crippen LogP contribution in [0.5, 0.6) is 0 Å². The van der Waals surface area contributed by atoms with Crippen molar-refractivity contribution >= 4 is 23.2 Å². The van der Waals surface area contributed by atoms with E-state index in [9.17, 15) is 4.79 Å². The summed E-state index contributed by atoms with van der Waals surface area (Å²) >= 11 is 5.76. The SMILES string of the molecule is NC1CCCC1OCC(=O)Nc1ccc(Cl)cc1. The molecule has 0 spiro atoms. The monoisotopic (exact) mass is 268 g/mol. The van der Waals surface area contributed by atoms with Gasteiger partial charge in [0.25, 0.3) is 0 Å². The second-order valence-electron chi connectivity index (χ2n) is 4.50. The molecule has 1 saturated carbocycles. The summed E-state index contributed by atoms with van der Waals surface area (Å²) in [6.45, 7) is 0.0427. The van der Waals surface area contributed by atoms with Crippen molar-refractivity contribution in [3.05, 3.63) is 29.3 Å². The second-order valence-corrected chi connectivity index (χ2v) is 4.94. The highest BCUT2D eigenvalue weighted by atomic mass is 35.5. The van der Waals surface area contributed by atoms with Crippen molar-refractivity contribution in [2.75, 3.05) is 11.9 Å². The molecule has 1 amide bonds. The summed E-state index contributed by atoms with van der Waals surface area (Å²) in [5.74, 6) is -0.170. The third-order valence-corrected chi connectivity index (χ3v) is 3.31. The maximum absolute atomic E-state index is 11.7. The van der Waals surface area contributed by atoms with Crippen molar-refractivity contribution in [3.8, 4) is 0 Å². The number of hydrogen-bond acceptors (Lipinski definition) is 3. The molecule has 0 saturated heterocycles. The Morgan fingerprint density at radius 2 is 2.11 bits per heavy atom. The first-order valence-electron chi connectivity index (χ1n) is 6.08. The fourth-order valence-corrected chi connectivity index (χ4v) is 2.20. The van der Waals surface area contributed by atoms with Crippen LogP contribution in [-0.2, 0) is 9.53 Å². The van der Waals surface area contributed by atoms with Gasteiger partial charge in [-0.1, -0.05) is 11.6 Å². The second kappa shape index (κ2) is 6.18. The van der Waals surface area contributed by atoms with Gasteiger partial charge in [0.15, 0.2) is 0 Å². The molecule has 1 aromatic rings. The molecule has 0 aromatic heterocycles. The third kappa shape index (κ3) is 3.70. The molecule has 0 aliphatic heterocycles. The average molecular weight is 269 g/mol. The standard InChI is InChI=1S/C13H17ClN2O2/c14-9-4-6-10(7-5-9)16-13(17)8-18-12-3-1-2-11(12)15/h4-7,11-12H,1-3,8,15H2,(H,16,17). The van der Waals surface area contributed by atoms with Crippen molar-refractivity contribution < 1.29 is 9.53 Å². The highest BCUT2D eigenvalue weighted by Gasteiger charge is 2.25. The summed E-state index contributed by atoms with van der Waals surface area (Å²) < 4.78 is 5.51. The summed E-state index contributed by atoms with van der Waals surface area (Å²) in [6.07, 6.45) is 3.00. The molecule has 1 aliphatic rings. The summed E-state index contributed by atoms with van der Waals surface area (Å²) in [5, 5.41) is 3.38. The van der Waals surface area contributed by atoms with Gasteiger partial charge < -0.3 is 15.8 Å². The zero-order valence-corrected chi connectivity index (χ0v) is 10.8. The maximum atomic E-state index is 11.7. The molecule has 5 heteroatoms. The van der Waals surface area contributed by atoms with Gasteiger partial charge in [0, 0.05) is 16.8 Å². The van der Waals surface area contributed by atoms with Gasteiger partial charge in [-0.05, 0) is 43.5 Å². The lowest BCUT2D eigenvalue weighted by atomic mass is 10.2. The van der Waals surface area contributed by atoms with Crippen LogP contribution in [-0.4, -0.2) is 24.7 Å². The summed E-state index contributed by atoms with van der Waals surface area (Å²) in [7, 11) is 0. The van der Waals surface area contributed by atoms with Gasteiger partial charge >= 0.3 is 0 Å². The predicted molar refractivity (Wildman–Crippen MR) is 71.6 cm³/mol. The van der Waals surface area contributed by atoms with Crippen LogP contribution in [0.25, 0.3) is 0 Å². The van der Waals surface area contributed by atoms with Gasteiger partial charge in [-0.2, -0.15) is 0 Å². The number of carbonyl (C=O) groups excluding carboxylic acids is 1. The Morgan fingerprint density at radius 1 is 1.39 bits per heavy atom. The van der Waals surface area contributed by atoms with Crippen LogP contribution < -0.4 is 11.1 Å². The van der Waals surface area contributed by atoms with Gasteiger partial charge in [-0.15, -0.1) is 0 Å². The number of nitrogens with one attached hydrogen (secondary N) is 1. The van der Waals surface area contributed by atoms with Crippen LogP contribution in [0.2, 0.25) is 5.02 Å². The molecular formula is C13H17ClN2O2. The normalized spacial score (nSPS) is 23.0. The quantitative estimate of drug-likeness (QED) is 0.880. The number of ether oxygens (including phenoxy) is 1. The first-order valence-corrected chi connectivity index (χ1v) is 6.45. The minimum atomic E-state index is -0.170. The number of amides is 1. The van der Waals surface area contributed by atoms with E-state index in [-0.39, 0.29) is 24.7 Å². The van der Waals surface area contributed by atoms with E-state index in [1.54, 1.807) is 24.3 Å². The summed E-state index contributed by atoms with van der Waals surface area (Å²) in [4.78, 5) is 11.7. The van der Waals surface area contributed by atoms with Gasteiger partial charge in [-0.25, -0.2) is 0 Å². The van der Waals surface area contributed by atoms with E-state index in [1.807, 2.05) is 0 Å². The van der Waals surface area contributed by atoms with E-state index in [2.05, 4.69) is 5.32 Å². The highest BCUT2D eigenvalue weighted by molar-refractivity contribution is 6.30. The number of nitrogens with two attached hydrogens (primary N) is 1. The Balaban J connectivity index is 1.76. The van der Waals surface area contributed by atoms with E-state index in [4.69, 9.17) is 22.1 Å². The van der Waals surface area contributed by atoms with Gasteiger partial charge in [0.05, 0.1) is 6.10 Å². The number of anilines is 1. The Bertz CT molecular complexity index is 408. The Kier molecular flexibility index (Phi) is 4.58. The number of hydrogen-bond donors (Lipinski definition) is 2. The molecule has 0 radical (unpaired) electrons. The van der Waals surface area contributed by atoms with E-state index >= 15 is 0 Å². The fourth-order valence-electron chi connectivity index (χ4n) is 2.07. The van der Waals surface area contributed by atoms with E-state index in [1.165, 1.54) is 0 Å². The zero-order chi connectivity index (χ0) is 13.0. The molecule has 2 rings (SSSR count). The summed E-state index contributed by atoms with van der Waals surface area (Å²) in [5.41, 5.74) is 6.57. The number of benzene rings is 1. The minimum absolute atomic E-state index is 0.0148. The fraction of sp³-hybridized carbons (Fsp3) is 0.462. The first-order chi connectivity index (χ1) is 8.65. The Labute approximate surface area is 111 Å². The molecule has 1 fully saturated rings. The highest BCUT2D eigenvalue weighted by Crippen LogP contribution is 2.20. The molecule has 0 heterocycles. The molecular weight excluding hydrogens is 252 g/mol. The molecule has 2 unspecified atom stereocenters. The van der Waals surface area contributed by atoms with Crippen molar-refractivity contribution in [2.24, 2.45) is 5.73 Å².